The molecule has 1 saturated heterocycles. The van der Waals surface area contributed by atoms with Crippen LogP contribution in [0.2, 0.25) is 0 Å². The molecule has 0 amide bonds. The quantitative estimate of drug-likeness (QED) is 0.915. The number of rotatable bonds is 4. The number of carboxylic acids is 1. The van der Waals surface area contributed by atoms with Crippen LogP contribution in [0.5, 0.6) is 0 Å². The maximum absolute atomic E-state index is 11.0. The first kappa shape index (κ1) is 15.3. The Hall–Kier alpha value is -1.07. The molecule has 0 radical (unpaired) electrons. The van der Waals surface area contributed by atoms with E-state index >= 15 is 0 Å². The van der Waals surface area contributed by atoms with Gasteiger partial charge in [-0.15, -0.1) is 0 Å². The van der Waals surface area contributed by atoms with Gasteiger partial charge in [-0.2, -0.15) is 0 Å². The Morgan fingerprint density at radius 3 is 2.45 bits per heavy atom. The topological polar surface area (TPSA) is 43.8 Å². The molecule has 20 heavy (non-hydrogen) atoms. The van der Waals surface area contributed by atoms with Crippen LogP contribution >= 0.6 is 15.9 Å². The van der Waals surface area contributed by atoms with Crippen molar-refractivity contribution in [1.82, 2.24) is 4.90 Å². The van der Waals surface area contributed by atoms with Gasteiger partial charge in [-0.3, -0.25) is 4.90 Å². The highest BCUT2D eigenvalue weighted by molar-refractivity contribution is 9.10. The van der Waals surface area contributed by atoms with E-state index in [1.807, 2.05) is 12.1 Å². The Morgan fingerprint density at radius 1 is 1.30 bits per heavy atom. The van der Waals surface area contributed by atoms with Crippen LogP contribution in [0.3, 0.4) is 0 Å². The van der Waals surface area contributed by atoms with Crippen LogP contribution in [0.4, 0.5) is 5.69 Å². The van der Waals surface area contributed by atoms with Crippen LogP contribution in [-0.4, -0.2) is 48.7 Å². The molecule has 1 aromatic rings. The number of anilines is 1. The predicted octanol–water partition coefficient (Wildman–Crippen LogP) is 2.93. The lowest BCUT2D eigenvalue weighted by atomic mass is 10.1. The van der Waals surface area contributed by atoms with Gasteiger partial charge in [-0.05, 0) is 40.0 Å². The van der Waals surface area contributed by atoms with Gasteiger partial charge in [0, 0.05) is 42.9 Å². The van der Waals surface area contributed by atoms with Crippen LogP contribution in [0, 0.1) is 5.92 Å². The Morgan fingerprint density at radius 2 is 1.95 bits per heavy atom. The van der Waals surface area contributed by atoms with Crippen LogP contribution in [0.1, 0.15) is 24.2 Å². The normalized spacial score (nSPS) is 16.7. The number of nitrogens with zero attached hydrogens (tertiary/aromatic N) is 2. The van der Waals surface area contributed by atoms with E-state index in [0.29, 0.717) is 16.0 Å². The van der Waals surface area contributed by atoms with Gasteiger partial charge in [0.2, 0.25) is 0 Å². The van der Waals surface area contributed by atoms with E-state index in [4.69, 9.17) is 5.11 Å². The largest absolute Gasteiger partial charge is 0.478 e. The maximum Gasteiger partial charge on any atom is 0.336 e. The second-order valence-corrected chi connectivity index (χ2v) is 6.51. The fourth-order valence-electron chi connectivity index (χ4n) is 2.58. The van der Waals surface area contributed by atoms with E-state index in [2.05, 4.69) is 39.6 Å². The molecule has 0 bridgehead atoms. The summed E-state index contributed by atoms with van der Waals surface area (Å²) < 4.78 is 0.645. The molecule has 110 valence electrons. The van der Waals surface area contributed by atoms with Crippen molar-refractivity contribution in [2.24, 2.45) is 5.92 Å². The second-order valence-electron chi connectivity index (χ2n) is 5.65. The molecule has 0 atom stereocenters. The summed E-state index contributed by atoms with van der Waals surface area (Å²) in [4.78, 5) is 15.8. The minimum Gasteiger partial charge on any atom is -0.478 e. The predicted molar refractivity (Wildman–Crippen MR) is 84.6 cm³/mol. The van der Waals surface area contributed by atoms with Gasteiger partial charge in [0.1, 0.15) is 0 Å². The Bertz CT molecular complexity index is 483. The first-order valence-corrected chi connectivity index (χ1v) is 7.77. The maximum atomic E-state index is 11.0. The smallest absolute Gasteiger partial charge is 0.336 e. The summed E-state index contributed by atoms with van der Waals surface area (Å²) >= 11 is 3.34. The zero-order valence-corrected chi connectivity index (χ0v) is 13.6. The van der Waals surface area contributed by atoms with Crippen LogP contribution in [-0.2, 0) is 0 Å². The van der Waals surface area contributed by atoms with Crippen molar-refractivity contribution in [3.05, 3.63) is 28.2 Å². The molecule has 1 heterocycles. The third-order valence-corrected chi connectivity index (χ3v) is 4.20. The summed E-state index contributed by atoms with van der Waals surface area (Å²) in [5.74, 6) is -0.198. The average Bonchev–Trinajstić information content (AvgIpc) is 2.38. The monoisotopic (exact) mass is 340 g/mol. The summed E-state index contributed by atoms with van der Waals surface area (Å²) in [6.07, 6.45) is 0. The number of halogens is 1. The molecule has 0 spiro atoms. The van der Waals surface area contributed by atoms with Crippen molar-refractivity contribution in [2.45, 2.75) is 13.8 Å². The van der Waals surface area contributed by atoms with Gasteiger partial charge >= 0.3 is 5.97 Å². The van der Waals surface area contributed by atoms with Crippen molar-refractivity contribution >= 4 is 27.6 Å². The van der Waals surface area contributed by atoms with E-state index < -0.39 is 5.97 Å². The van der Waals surface area contributed by atoms with Gasteiger partial charge in [0.25, 0.3) is 0 Å². The molecule has 2 rings (SSSR count). The first-order chi connectivity index (χ1) is 9.47. The summed E-state index contributed by atoms with van der Waals surface area (Å²) in [6, 6.07) is 5.47. The molecule has 4 nitrogen and oxygen atoms in total. The molecule has 1 fully saturated rings. The van der Waals surface area contributed by atoms with E-state index in [1.54, 1.807) is 6.07 Å². The van der Waals surface area contributed by atoms with Crippen LogP contribution in [0.15, 0.2) is 22.7 Å². The summed E-state index contributed by atoms with van der Waals surface area (Å²) in [7, 11) is 0. The molecule has 0 unspecified atom stereocenters. The number of aromatic carboxylic acids is 1. The van der Waals surface area contributed by atoms with Crippen LogP contribution < -0.4 is 4.90 Å². The van der Waals surface area contributed by atoms with Gasteiger partial charge < -0.3 is 10.0 Å². The molecule has 0 saturated carbocycles. The van der Waals surface area contributed by atoms with Crippen LogP contribution in [0.25, 0.3) is 0 Å². The highest BCUT2D eigenvalue weighted by Crippen LogP contribution is 2.25. The summed E-state index contributed by atoms with van der Waals surface area (Å²) in [5.41, 5.74) is 1.40. The third-order valence-electron chi connectivity index (χ3n) is 3.54. The number of carboxylic acid groups (broad SMARTS) is 1. The lowest BCUT2D eigenvalue weighted by molar-refractivity contribution is 0.0696. The molecular weight excluding hydrogens is 320 g/mol. The van der Waals surface area contributed by atoms with E-state index in [-0.39, 0.29) is 0 Å². The number of piperazine rings is 1. The Labute approximate surface area is 128 Å². The van der Waals surface area contributed by atoms with Gasteiger partial charge in [-0.1, -0.05) is 13.8 Å². The molecule has 1 N–H and O–H groups in total. The highest BCUT2D eigenvalue weighted by atomic mass is 79.9. The number of benzene rings is 1. The molecular formula is C15H21BrN2O2. The zero-order valence-electron chi connectivity index (χ0n) is 12.0. The third kappa shape index (κ3) is 3.73. The minimum atomic E-state index is -0.898. The Kier molecular flexibility index (Phi) is 5.05. The SMILES string of the molecule is CC(C)CN1CCN(c2ccc(C(=O)O)c(Br)c2)CC1. The van der Waals surface area contributed by atoms with Gasteiger partial charge in [-0.25, -0.2) is 4.79 Å². The summed E-state index contributed by atoms with van der Waals surface area (Å²) in [5, 5.41) is 9.04. The van der Waals surface area contributed by atoms with E-state index in [9.17, 15) is 4.79 Å². The van der Waals surface area contributed by atoms with Gasteiger partial charge in [0.05, 0.1) is 5.56 Å². The van der Waals surface area contributed by atoms with E-state index in [0.717, 1.165) is 38.4 Å². The van der Waals surface area contributed by atoms with Crippen molar-refractivity contribution in [2.75, 3.05) is 37.6 Å². The number of hydrogen-bond donors (Lipinski definition) is 1. The molecule has 0 aliphatic carbocycles. The molecule has 1 aromatic carbocycles. The first-order valence-electron chi connectivity index (χ1n) is 6.97. The summed E-state index contributed by atoms with van der Waals surface area (Å²) in [6.45, 7) is 9.75. The van der Waals surface area contributed by atoms with Gasteiger partial charge in [0.15, 0.2) is 0 Å². The lowest BCUT2D eigenvalue weighted by Crippen LogP contribution is -2.47. The standard InChI is InChI=1S/C15H21BrN2O2/c1-11(2)10-17-5-7-18(8-6-17)12-3-4-13(15(19)20)14(16)9-12/h3-4,9,11H,5-8,10H2,1-2H3,(H,19,20). The lowest BCUT2D eigenvalue weighted by Gasteiger charge is -2.37. The number of hydrogen-bond acceptors (Lipinski definition) is 3. The second kappa shape index (κ2) is 6.59. The highest BCUT2D eigenvalue weighted by Gasteiger charge is 2.19. The van der Waals surface area contributed by atoms with Crippen molar-refractivity contribution in [1.29, 1.82) is 0 Å². The molecule has 1 aliphatic heterocycles. The molecule has 0 aromatic heterocycles. The fourth-order valence-corrected chi connectivity index (χ4v) is 3.12. The fraction of sp³-hybridized carbons (Fsp3) is 0.533. The van der Waals surface area contributed by atoms with E-state index in [1.165, 1.54) is 0 Å². The van der Waals surface area contributed by atoms with Crippen molar-refractivity contribution in [3.63, 3.8) is 0 Å². The molecule has 5 heteroatoms. The zero-order chi connectivity index (χ0) is 14.7. The van der Waals surface area contributed by atoms with Crippen molar-refractivity contribution in [3.8, 4) is 0 Å². The minimum absolute atomic E-state index is 0.312. The molecule has 1 aliphatic rings. The number of carbonyl (C=O) groups is 1. The average molecular weight is 341 g/mol. The Balaban J connectivity index is 2.00. The van der Waals surface area contributed by atoms with Crippen molar-refractivity contribution < 1.29 is 9.90 Å².